The van der Waals surface area contributed by atoms with Gasteiger partial charge in [-0.1, -0.05) is 0 Å². The summed E-state index contributed by atoms with van der Waals surface area (Å²) in [5.41, 5.74) is 0. The van der Waals surface area contributed by atoms with Gasteiger partial charge in [0.05, 0.1) is 51.8 Å². The molecule has 0 aromatic rings. The van der Waals surface area contributed by atoms with Crippen LogP contribution in [-0.4, -0.2) is 410 Å². The maximum atomic E-state index is 13.3. The molecular weight excluding hydrogens is 1310 g/mol. The Morgan fingerprint density at radius 2 is 0.594 bits per heavy atom. The van der Waals surface area contributed by atoms with Gasteiger partial charge in [0.2, 0.25) is 17.7 Å². The van der Waals surface area contributed by atoms with Crippen molar-refractivity contribution in [2.75, 3.05) is 39.6 Å². The maximum Gasteiger partial charge on any atom is 0.217 e. The Morgan fingerprint density at radius 3 is 1.00 bits per heavy atom. The first-order valence-electron chi connectivity index (χ1n) is 30.8. The molecule has 8 aliphatic heterocycles. The number of aliphatic hydroxyl groups excluding tert-OH is 21. The molecule has 0 radical (unpaired) electrons. The molecule has 8 aliphatic rings. The van der Waals surface area contributed by atoms with E-state index in [1.54, 1.807) is 0 Å². The zero-order valence-corrected chi connectivity index (χ0v) is 52.1. The Labute approximate surface area is 545 Å². The number of ether oxygens (including phenoxy) is 15. The average molecular weight is 1410 g/mol. The fourth-order valence-corrected chi connectivity index (χ4v) is 12.5. The van der Waals surface area contributed by atoms with Crippen LogP contribution < -0.4 is 16.0 Å². The molecule has 42 nitrogen and oxygen atoms in total. The lowest BCUT2D eigenvalue weighted by atomic mass is 9.93. The minimum atomic E-state index is -2.41. The molecule has 8 fully saturated rings. The Morgan fingerprint density at radius 1 is 0.292 bits per heavy atom. The van der Waals surface area contributed by atoms with Crippen molar-refractivity contribution in [3.8, 4) is 0 Å². The van der Waals surface area contributed by atoms with Crippen molar-refractivity contribution in [3.63, 3.8) is 0 Å². The smallest absolute Gasteiger partial charge is 0.217 e. The highest BCUT2D eigenvalue weighted by Gasteiger charge is 2.60. The van der Waals surface area contributed by atoms with Gasteiger partial charge in [-0.3, -0.25) is 14.4 Å². The zero-order valence-electron chi connectivity index (χ0n) is 52.1. The van der Waals surface area contributed by atoms with Crippen molar-refractivity contribution in [2.45, 2.75) is 280 Å². The standard InChI is InChI=1S/C54H91N3O39/c1-12-26(66)32(72)36(76)50(83-12)91-42-21(10-62)90-49(25(57-16(5)65)45(42)95-53-39(79)35(75)29(69)18(7-59)87-53)96-46-30(70)19(8-60)88-54(40(46)80)92-41-20(9-61)89-48(24(56-15(4)64)44(41)94-51-37(77)33(73)27(67)13(2)84-51)82-11-22-31(71)43(23(47(81)85-22)55-14(3)63)93-52-38(78)34(74)28(68)17(6-58)86-52/h12-13,17-54,58-62,66-81H,6-11H2,1-5H3,(H,55,63)(H,56,64)(H,57,65)/t12-,13-,17+,18+,19+,20+,21+,22+,23+,24+,25+,26+,27+,28-,29-,30-,31-,32+,33+,34-,35-,36-,37-,38+,39+,40+,41+,42+,43+,44+,45+,46-,47+,48+,49-,50-,51-,52-,53-,54-/m0/s1. The van der Waals surface area contributed by atoms with Crippen LogP contribution in [0.5, 0.6) is 0 Å². The SMILES string of the molecule is CC(=O)N[C@@H]1[C@@H](O[C@@H]2O[C@H](CO)[C@H](O)[C@H](O)[C@H]2O)[C@@H](O)[C@@H](CO[C@@H]2O[C@H](CO)[C@@H](O[C@@H]3O[C@H](CO)[C@H](O)[C@H](O[C@@H]4O[C@H](CO)[C@@H](O[C@@H]5O[C@@H](C)[C@@H](O)[C@@H](O)[C@@H]5O)[C@H](O[C@@H]5O[C@H](CO)[C@H](O)[C@H](O)[C@H]5O)[C@H]4NC(C)=O)[C@H]3O)[C@H](O[C@@H]3O[C@@H](C)[C@@H](O)[C@@H](O)[C@@H]3O)[C@H]2NC(C)=O)O[C@H]1O. The fourth-order valence-electron chi connectivity index (χ4n) is 12.5. The van der Waals surface area contributed by atoms with Gasteiger partial charge >= 0.3 is 0 Å². The van der Waals surface area contributed by atoms with Gasteiger partial charge in [0.1, 0.15) is 183 Å². The van der Waals surface area contributed by atoms with Crippen molar-refractivity contribution in [1.29, 1.82) is 0 Å². The first-order valence-corrected chi connectivity index (χ1v) is 30.8. The summed E-state index contributed by atoms with van der Waals surface area (Å²) < 4.78 is 89.4. The van der Waals surface area contributed by atoms with Gasteiger partial charge in [0.15, 0.2) is 50.3 Å². The third kappa shape index (κ3) is 17.0. The van der Waals surface area contributed by atoms with Gasteiger partial charge in [-0.25, -0.2) is 0 Å². The van der Waals surface area contributed by atoms with Crippen molar-refractivity contribution in [3.05, 3.63) is 0 Å². The molecule has 40 atom stereocenters. The van der Waals surface area contributed by atoms with E-state index in [2.05, 4.69) is 16.0 Å². The number of amides is 3. The van der Waals surface area contributed by atoms with Crippen LogP contribution in [0.1, 0.15) is 34.6 Å². The van der Waals surface area contributed by atoms with Crippen molar-refractivity contribution in [1.82, 2.24) is 16.0 Å². The predicted octanol–water partition coefficient (Wildman–Crippen LogP) is -16.0. The summed E-state index contributed by atoms with van der Waals surface area (Å²) in [5.74, 6) is -2.67. The molecule has 0 aromatic carbocycles. The van der Waals surface area contributed by atoms with Crippen LogP contribution in [0.4, 0.5) is 0 Å². The van der Waals surface area contributed by atoms with E-state index in [1.807, 2.05) is 0 Å². The molecule has 8 rings (SSSR count). The number of nitrogens with one attached hydrogen (secondary N) is 3. The van der Waals surface area contributed by atoms with E-state index in [-0.39, 0.29) is 0 Å². The third-order valence-electron chi connectivity index (χ3n) is 17.8. The Hall–Kier alpha value is -3.03. The molecule has 0 bridgehead atoms. The van der Waals surface area contributed by atoms with Gasteiger partial charge in [-0.05, 0) is 13.8 Å². The Bertz CT molecular complexity index is 2470. The van der Waals surface area contributed by atoms with Crippen LogP contribution in [0, 0.1) is 0 Å². The molecule has 3 amide bonds. The van der Waals surface area contributed by atoms with Crippen LogP contribution in [-0.2, 0) is 85.4 Å². The highest BCUT2D eigenvalue weighted by Crippen LogP contribution is 2.39. The van der Waals surface area contributed by atoms with Crippen LogP contribution in [0.25, 0.3) is 0 Å². The van der Waals surface area contributed by atoms with Gasteiger partial charge in [0.25, 0.3) is 0 Å². The molecule has 0 spiro atoms. The number of hydrogen-bond donors (Lipinski definition) is 24. The van der Waals surface area contributed by atoms with Gasteiger partial charge in [-0.15, -0.1) is 0 Å². The number of rotatable bonds is 23. The van der Waals surface area contributed by atoms with Crippen molar-refractivity contribution in [2.24, 2.45) is 0 Å². The minimum absolute atomic E-state index is 0.810. The lowest BCUT2D eigenvalue weighted by molar-refractivity contribution is -0.395. The van der Waals surface area contributed by atoms with E-state index in [4.69, 9.17) is 71.1 Å². The van der Waals surface area contributed by atoms with Gasteiger partial charge < -0.3 is 194 Å². The molecule has 24 N–H and O–H groups in total. The van der Waals surface area contributed by atoms with Gasteiger partial charge in [-0.2, -0.15) is 0 Å². The second-order valence-electron chi connectivity index (χ2n) is 24.6. The lowest BCUT2D eigenvalue weighted by Gasteiger charge is -2.52. The van der Waals surface area contributed by atoms with E-state index in [0.29, 0.717) is 0 Å². The van der Waals surface area contributed by atoms with Crippen molar-refractivity contribution >= 4 is 17.7 Å². The molecule has 0 aromatic heterocycles. The Kier molecular flexibility index (Phi) is 27.7. The van der Waals surface area contributed by atoms with E-state index in [0.717, 1.165) is 20.8 Å². The second-order valence-corrected chi connectivity index (χ2v) is 24.6. The minimum Gasteiger partial charge on any atom is -0.394 e. The third-order valence-corrected chi connectivity index (χ3v) is 17.8. The van der Waals surface area contributed by atoms with Gasteiger partial charge in [0, 0.05) is 20.8 Å². The fraction of sp³-hybridized carbons (Fsp3) is 0.944. The Balaban J connectivity index is 1.12. The zero-order chi connectivity index (χ0) is 70.8. The van der Waals surface area contributed by atoms with Crippen LogP contribution in [0.2, 0.25) is 0 Å². The lowest BCUT2D eigenvalue weighted by Crippen LogP contribution is -2.72. The summed E-state index contributed by atoms with van der Waals surface area (Å²) in [6.07, 6.45) is -72.0. The largest absolute Gasteiger partial charge is 0.394 e. The molecule has 42 heteroatoms. The van der Waals surface area contributed by atoms with E-state index in [1.165, 1.54) is 13.8 Å². The summed E-state index contributed by atoms with van der Waals surface area (Å²) in [7, 11) is 0. The number of carbonyl (C=O) groups excluding carboxylic acids is 3. The van der Waals surface area contributed by atoms with Crippen LogP contribution in [0.3, 0.4) is 0 Å². The highest BCUT2D eigenvalue weighted by atomic mass is 16.8. The molecule has 0 saturated carbocycles. The maximum absolute atomic E-state index is 13.3. The predicted molar refractivity (Wildman–Crippen MR) is 296 cm³/mol. The molecule has 96 heavy (non-hydrogen) atoms. The highest BCUT2D eigenvalue weighted by molar-refractivity contribution is 5.74. The summed E-state index contributed by atoms with van der Waals surface area (Å²) >= 11 is 0. The first kappa shape index (κ1) is 78.7. The van der Waals surface area contributed by atoms with E-state index >= 15 is 0 Å². The molecule has 8 heterocycles. The molecular formula is C54H91N3O39. The number of aliphatic hydroxyl groups is 21. The summed E-state index contributed by atoms with van der Waals surface area (Å²) in [6.45, 7) is -0.750. The summed E-state index contributed by atoms with van der Waals surface area (Å²) in [5, 5.41) is 237. The van der Waals surface area contributed by atoms with E-state index in [9.17, 15) is 122 Å². The van der Waals surface area contributed by atoms with Crippen LogP contribution in [0.15, 0.2) is 0 Å². The molecule has 0 unspecified atom stereocenters. The summed E-state index contributed by atoms with van der Waals surface area (Å²) in [4.78, 5) is 38.9. The molecule has 556 valence electrons. The summed E-state index contributed by atoms with van der Waals surface area (Å²) in [6, 6.07) is -5.47. The number of carbonyl (C=O) groups is 3. The average Bonchev–Trinajstić information content (AvgIpc) is 0.767. The monoisotopic (exact) mass is 1410 g/mol. The van der Waals surface area contributed by atoms with Crippen molar-refractivity contribution < 1.29 is 193 Å². The topological polar surface area (TPSA) is 651 Å². The molecule has 0 aliphatic carbocycles. The van der Waals surface area contributed by atoms with E-state index < -0.39 is 303 Å². The second kappa shape index (κ2) is 33.8. The van der Waals surface area contributed by atoms with Crippen LogP contribution >= 0.6 is 0 Å². The molecule has 8 saturated heterocycles. The number of hydrogen-bond acceptors (Lipinski definition) is 39. The first-order chi connectivity index (χ1) is 45.3. The normalized spacial score (nSPS) is 50.3. The quantitative estimate of drug-likeness (QED) is 0.0452.